The molecule has 0 aromatic heterocycles. The van der Waals surface area contributed by atoms with E-state index < -0.39 is 0 Å². The van der Waals surface area contributed by atoms with Crippen molar-refractivity contribution in [2.75, 3.05) is 13.1 Å². The number of aryl methyl sites for hydroxylation is 1. The third-order valence-electron chi connectivity index (χ3n) is 5.23. The summed E-state index contributed by atoms with van der Waals surface area (Å²) in [6.07, 6.45) is 4.19. The summed E-state index contributed by atoms with van der Waals surface area (Å²) in [6.45, 7) is 6.51. The van der Waals surface area contributed by atoms with Crippen molar-refractivity contribution in [3.63, 3.8) is 0 Å². The van der Waals surface area contributed by atoms with Crippen LogP contribution in [0.15, 0.2) is 30.0 Å². The highest BCUT2D eigenvalue weighted by Crippen LogP contribution is 2.66. The van der Waals surface area contributed by atoms with Crippen LogP contribution in [-0.2, 0) is 11.8 Å². The van der Waals surface area contributed by atoms with Crippen molar-refractivity contribution in [1.29, 1.82) is 0 Å². The van der Waals surface area contributed by atoms with Crippen molar-refractivity contribution in [2.24, 2.45) is 5.92 Å². The van der Waals surface area contributed by atoms with E-state index in [-0.39, 0.29) is 11.2 Å². The summed E-state index contributed by atoms with van der Waals surface area (Å²) in [5.41, 5.74) is 5.11. The number of carbonyl (C=O) groups excluding carboxylic acids is 1. The molecule has 0 amide bonds. The molecule has 1 aliphatic heterocycles. The van der Waals surface area contributed by atoms with Gasteiger partial charge < -0.3 is 4.90 Å². The predicted octanol–water partition coefficient (Wildman–Crippen LogP) is 2.92. The van der Waals surface area contributed by atoms with Crippen molar-refractivity contribution >= 4 is 5.78 Å². The van der Waals surface area contributed by atoms with Crippen LogP contribution in [0.25, 0.3) is 0 Å². The lowest BCUT2D eigenvalue weighted by molar-refractivity contribution is 0.103. The quantitative estimate of drug-likeness (QED) is 0.807. The second kappa shape index (κ2) is 3.50. The van der Waals surface area contributed by atoms with Gasteiger partial charge in [-0.25, -0.2) is 0 Å². The normalized spacial score (nSPS) is 30.6. The van der Waals surface area contributed by atoms with E-state index in [1.165, 1.54) is 23.2 Å². The number of benzene rings is 1. The van der Waals surface area contributed by atoms with Crippen LogP contribution in [-0.4, -0.2) is 23.8 Å². The molecule has 2 atom stereocenters. The van der Waals surface area contributed by atoms with Gasteiger partial charge in [0, 0.05) is 35.8 Å². The molecule has 1 spiro atoms. The number of hydrogen-bond acceptors (Lipinski definition) is 2. The molecule has 1 saturated heterocycles. The van der Waals surface area contributed by atoms with Gasteiger partial charge in [-0.15, -0.1) is 0 Å². The van der Waals surface area contributed by atoms with Gasteiger partial charge in [-0.1, -0.05) is 25.1 Å². The minimum absolute atomic E-state index is 0.198. The Labute approximate surface area is 114 Å². The molecule has 0 bridgehead atoms. The van der Waals surface area contributed by atoms with E-state index in [1.807, 2.05) is 12.1 Å². The number of nitrogens with zero attached hydrogens (tertiary/aromatic N) is 1. The third-order valence-corrected chi connectivity index (χ3v) is 5.23. The van der Waals surface area contributed by atoms with Gasteiger partial charge in [0.25, 0.3) is 0 Å². The average Bonchev–Trinajstić information content (AvgIpc) is 3.07. The first-order valence-corrected chi connectivity index (χ1v) is 7.35. The molecular weight excluding hydrogens is 234 g/mol. The molecule has 2 aliphatic carbocycles. The number of carbonyl (C=O) groups is 1. The Bertz CT molecular complexity index is 616. The van der Waals surface area contributed by atoms with E-state index >= 15 is 0 Å². The van der Waals surface area contributed by atoms with Crippen molar-refractivity contribution in [3.05, 3.63) is 46.7 Å². The summed E-state index contributed by atoms with van der Waals surface area (Å²) in [5, 5.41) is 0. The van der Waals surface area contributed by atoms with Crippen LogP contribution < -0.4 is 0 Å². The lowest BCUT2D eigenvalue weighted by atomic mass is 9.80. The van der Waals surface area contributed by atoms with Crippen LogP contribution in [0.3, 0.4) is 0 Å². The van der Waals surface area contributed by atoms with Crippen molar-refractivity contribution in [1.82, 2.24) is 4.90 Å². The maximum absolute atomic E-state index is 12.3. The molecule has 2 nitrogen and oxygen atoms in total. The fourth-order valence-corrected chi connectivity index (χ4v) is 4.09. The lowest BCUT2D eigenvalue weighted by Crippen LogP contribution is -2.29. The fraction of sp³-hybridized carbons (Fsp3) is 0.471. The topological polar surface area (TPSA) is 20.3 Å². The molecule has 1 aromatic rings. The van der Waals surface area contributed by atoms with Gasteiger partial charge in [-0.05, 0) is 36.8 Å². The Hall–Kier alpha value is -1.57. The Morgan fingerprint density at radius 1 is 1.37 bits per heavy atom. The third kappa shape index (κ3) is 1.24. The molecule has 1 saturated carbocycles. The number of rotatable bonds is 2. The highest BCUT2D eigenvalue weighted by molar-refractivity contribution is 6.08. The number of allylic oxidation sites excluding steroid dienone is 2. The first-order chi connectivity index (χ1) is 9.20. The zero-order valence-electron chi connectivity index (χ0n) is 11.6. The number of likely N-dealkylation sites (N-methyl/N-ethyl adjacent to an activating group) is 1. The molecule has 1 heterocycles. The average molecular weight is 253 g/mol. The van der Waals surface area contributed by atoms with Crippen molar-refractivity contribution in [2.45, 2.75) is 32.1 Å². The van der Waals surface area contributed by atoms with Gasteiger partial charge in [-0.3, -0.25) is 4.79 Å². The van der Waals surface area contributed by atoms with Gasteiger partial charge in [-0.2, -0.15) is 0 Å². The van der Waals surface area contributed by atoms with Crippen LogP contribution in [0.1, 0.15) is 41.8 Å². The van der Waals surface area contributed by atoms with Crippen molar-refractivity contribution < 1.29 is 4.79 Å². The van der Waals surface area contributed by atoms with E-state index in [0.29, 0.717) is 0 Å². The smallest absolute Gasteiger partial charge is 0.187 e. The van der Waals surface area contributed by atoms with E-state index in [1.54, 1.807) is 0 Å². The van der Waals surface area contributed by atoms with E-state index in [0.717, 1.165) is 31.0 Å². The summed E-state index contributed by atoms with van der Waals surface area (Å²) in [5.74, 6) is 0.932. The van der Waals surface area contributed by atoms with Crippen LogP contribution in [0.2, 0.25) is 0 Å². The Kier molecular flexibility index (Phi) is 2.08. The zero-order valence-corrected chi connectivity index (χ0v) is 11.6. The molecule has 3 aliphatic rings. The maximum Gasteiger partial charge on any atom is 0.187 e. The summed E-state index contributed by atoms with van der Waals surface area (Å²) in [7, 11) is 0. The van der Waals surface area contributed by atoms with Gasteiger partial charge in [0.05, 0.1) is 0 Å². The van der Waals surface area contributed by atoms with E-state index in [2.05, 4.69) is 30.9 Å². The summed E-state index contributed by atoms with van der Waals surface area (Å²) in [4.78, 5) is 14.7. The summed E-state index contributed by atoms with van der Waals surface area (Å²) >= 11 is 0. The highest BCUT2D eigenvalue weighted by atomic mass is 16.1. The standard InChI is InChI=1S/C17H19NO/c1-3-11-5-6-13-14(7-11)17-9-12(17)10-18(4-2)16(17)8-15(13)19/h5-8,12H,3-4,9-10H2,1-2H3. The number of piperidine rings is 1. The molecular formula is C17H19NO. The number of ketones is 1. The summed E-state index contributed by atoms with van der Waals surface area (Å²) in [6, 6.07) is 6.44. The fourth-order valence-electron chi connectivity index (χ4n) is 4.09. The number of likely N-dealkylation sites (tertiary alicyclic amines) is 1. The molecule has 0 radical (unpaired) electrons. The van der Waals surface area contributed by atoms with Gasteiger partial charge in [0.2, 0.25) is 0 Å². The molecule has 1 aromatic carbocycles. The maximum atomic E-state index is 12.3. The minimum atomic E-state index is 0.198. The highest BCUT2D eigenvalue weighted by Gasteiger charge is 2.65. The second-order valence-electron chi connectivity index (χ2n) is 6.04. The Balaban J connectivity index is 1.92. The molecule has 4 rings (SSSR count). The number of fused-ring (bicyclic) bond motifs is 1. The van der Waals surface area contributed by atoms with Crippen LogP contribution >= 0.6 is 0 Å². The minimum Gasteiger partial charge on any atom is -0.374 e. The van der Waals surface area contributed by atoms with Crippen molar-refractivity contribution in [3.8, 4) is 0 Å². The van der Waals surface area contributed by atoms with Gasteiger partial charge in [0.15, 0.2) is 5.78 Å². The van der Waals surface area contributed by atoms with Gasteiger partial charge in [0.1, 0.15) is 0 Å². The molecule has 2 unspecified atom stereocenters. The molecule has 2 heteroatoms. The second-order valence-corrected chi connectivity index (χ2v) is 6.04. The van der Waals surface area contributed by atoms with Crippen LogP contribution in [0, 0.1) is 5.92 Å². The number of hydrogen-bond donors (Lipinski definition) is 0. The van der Waals surface area contributed by atoms with Crippen LogP contribution in [0.5, 0.6) is 0 Å². The largest absolute Gasteiger partial charge is 0.374 e. The summed E-state index contributed by atoms with van der Waals surface area (Å²) < 4.78 is 0. The molecule has 98 valence electrons. The monoisotopic (exact) mass is 253 g/mol. The SMILES string of the molecule is CCc1ccc2c(c1)C13CC1CN(CC)C3=CC2=O. The molecule has 2 fully saturated rings. The first-order valence-electron chi connectivity index (χ1n) is 7.35. The molecule has 0 N–H and O–H groups in total. The van der Waals surface area contributed by atoms with E-state index in [4.69, 9.17) is 0 Å². The lowest BCUT2D eigenvalue weighted by Gasteiger charge is -2.30. The molecule has 19 heavy (non-hydrogen) atoms. The predicted molar refractivity (Wildman–Crippen MR) is 75.3 cm³/mol. The van der Waals surface area contributed by atoms with Crippen LogP contribution in [0.4, 0.5) is 0 Å². The Morgan fingerprint density at radius 3 is 2.95 bits per heavy atom. The Morgan fingerprint density at radius 2 is 2.21 bits per heavy atom. The first kappa shape index (κ1) is 11.3. The van der Waals surface area contributed by atoms with Gasteiger partial charge >= 0.3 is 0 Å². The van der Waals surface area contributed by atoms with E-state index in [9.17, 15) is 4.79 Å². The zero-order chi connectivity index (χ0) is 13.2.